The number of aliphatic carboxylic acids is 1. The molecule has 20 heavy (non-hydrogen) atoms. The fraction of sp³-hybridized carbons (Fsp3) is 0.250. The van der Waals surface area contributed by atoms with E-state index >= 15 is 0 Å². The lowest BCUT2D eigenvalue weighted by atomic mass is 10.1. The van der Waals surface area contributed by atoms with E-state index in [0.717, 1.165) is 11.3 Å². The SMILES string of the molecule is CN(CC(=O)O)C(=O)Cc1ccc(-n2cnnn2)cc1. The van der Waals surface area contributed by atoms with Crippen LogP contribution in [0.1, 0.15) is 5.56 Å². The van der Waals surface area contributed by atoms with Gasteiger partial charge in [-0.3, -0.25) is 9.59 Å². The standard InChI is InChI=1S/C12H13N5O3/c1-16(7-12(19)20)11(18)6-9-2-4-10(5-3-9)17-8-13-14-15-17/h2-5,8H,6-7H2,1H3,(H,19,20). The summed E-state index contributed by atoms with van der Waals surface area (Å²) in [5.74, 6) is -1.28. The highest BCUT2D eigenvalue weighted by Crippen LogP contribution is 2.09. The van der Waals surface area contributed by atoms with Crippen molar-refractivity contribution in [1.82, 2.24) is 25.1 Å². The maximum absolute atomic E-state index is 11.8. The Kier molecular flexibility index (Phi) is 4.04. The first kappa shape index (κ1) is 13.7. The smallest absolute Gasteiger partial charge is 0.323 e. The molecule has 1 heterocycles. The number of carboxylic acid groups (broad SMARTS) is 1. The molecule has 1 amide bonds. The minimum absolute atomic E-state index is 0.152. The Bertz CT molecular complexity index is 594. The van der Waals surface area contributed by atoms with Crippen LogP contribution < -0.4 is 0 Å². The minimum Gasteiger partial charge on any atom is -0.480 e. The second-order valence-corrected chi connectivity index (χ2v) is 4.24. The molecule has 0 aliphatic rings. The number of nitrogens with zero attached hydrogens (tertiary/aromatic N) is 5. The summed E-state index contributed by atoms with van der Waals surface area (Å²) in [6.07, 6.45) is 1.63. The highest BCUT2D eigenvalue weighted by Gasteiger charge is 2.12. The van der Waals surface area contributed by atoms with Gasteiger partial charge in [0.15, 0.2) is 0 Å². The van der Waals surface area contributed by atoms with Gasteiger partial charge >= 0.3 is 5.97 Å². The highest BCUT2D eigenvalue weighted by atomic mass is 16.4. The predicted octanol–water partition coefficient (Wildman–Crippen LogP) is -0.252. The maximum Gasteiger partial charge on any atom is 0.323 e. The molecule has 0 unspecified atom stereocenters. The van der Waals surface area contributed by atoms with Crippen molar-refractivity contribution in [1.29, 1.82) is 0 Å². The zero-order valence-corrected chi connectivity index (χ0v) is 10.8. The number of tetrazole rings is 1. The number of rotatable bonds is 5. The summed E-state index contributed by atoms with van der Waals surface area (Å²) in [6, 6.07) is 7.14. The van der Waals surface area contributed by atoms with E-state index < -0.39 is 5.97 Å². The zero-order chi connectivity index (χ0) is 14.5. The molecule has 0 bridgehead atoms. The molecule has 0 saturated heterocycles. The summed E-state index contributed by atoms with van der Waals surface area (Å²) >= 11 is 0. The number of carboxylic acids is 1. The average Bonchev–Trinajstić information content (AvgIpc) is 2.92. The third kappa shape index (κ3) is 3.37. The van der Waals surface area contributed by atoms with Gasteiger partial charge in [-0.25, -0.2) is 4.68 Å². The molecule has 0 fully saturated rings. The number of carbonyl (C=O) groups is 2. The van der Waals surface area contributed by atoms with Crippen LogP contribution in [0.5, 0.6) is 0 Å². The molecule has 1 aromatic heterocycles. The molecule has 1 N–H and O–H groups in total. The van der Waals surface area contributed by atoms with Crippen LogP contribution >= 0.6 is 0 Å². The summed E-state index contributed by atoms with van der Waals surface area (Å²) in [7, 11) is 1.46. The van der Waals surface area contributed by atoms with Crippen molar-refractivity contribution in [3.05, 3.63) is 36.2 Å². The van der Waals surface area contributed by atoms with Crippen LogP contribution in [0.2, 0.25) is 0 Å². The van der Waals surface area contributed by atoms with Gasteiger partial charge in [-0.15, -0.1) is 5.10 Å². The van der Waals surface area contributed by atoms with Gasteiger partial charge in [0, 0.05) is 7.05 Å². The van der Waals surface area contributed by atoms with E-state index in [9.17, 15) is 9.59 Å². The lowest BCUT2D eigenvalue weighted by Gasteiger charge is -2.14. The molecule has 8 heteroatoms. The van der Waals surface area contributed by atoms with Gasteiger partial charge in [0.25, 0.3) is 0 Å². The molecule has 0 saturated carbocycles. The van der Waals surface area contributed by atoms with Crippen LogP contribution in [0.3, 0.4) is 0 Å². The van der Waals surface area contributed by atoms with Crippen molar-refractivity contribution < 1.29 is 14.7 Å². The summed E-state index contributed by atoms with van der Waals surface area (Å²) in [5.41, 5.74) is 1.58. The number of hydrogen-bond donors (Lipinski definition) is 1. The molecule has 8 nitrogen and oxygen atoms in total. The molecule has 104 valence electrons. The fourth-order valence-corrected chi connectivity index (χ4v) is 1.65. The molecule has 2 aromatic rings. The monoisotopic (exact) mass is 275 g/mol. The number of benzene rings is 1. The van der Waals surface area contributed by atoms with Crippen molar-refractivity contribution in [3.8, 4) is 5.69 Å². The lowest BCUT2D eigenvalue weighted by molar-refractivity contribution is -0.143. The lowest BCUT2D eigenvalue weighted by Crippen LogP contribution is -2.33. The molecule has 1 aromatic carbocycles. The quantitative estimate of drug-likeness (QED) is 0.807. The Labute approximate surface area is 114 Å². The molecular weight excluding hydrogens is 262 g/mol. The van der Waals surface area contributed by atoms with E-state index in [0.29, 0.717) is 0 Å². The van der Waals surface area contributed by atoms with Gasteiger partial charge in [0.2, 0.25) is 5.91 Å². The molecule has 0 aliphatic carbocycles. The first-order chi connectivity index (χ1) is 9.56. The Morgan fingerprint density at radius 2 is 2.00 bits per heavy atom. The van der Waals surface area contributed by atoms with E-state index in [1.165, 1.54) is 23.0 Å². The zero-order valence-electron chi connectivity index (χ0n) is 10.8. The van der Waals surface area contributed by atoms with Gasteiger partial charge in [-0.1, -0.05) is 12.1 Å². The summed E-state index contributed by atoms with van der Waals surface area (Å²) in [5, 5.41) is 19.5. The van der Waals surface area contributed by atoms with Crippen molar-refractivity contribution in [3.63, 3.8) is 0 Å². The summed E-state index contributed by atoms with van der Waals surface area (Å²) < 4.78 is 1.50. The van der Waals surface area contributed by atoms with Gasteiger partial charge in [0.05, 0.1) is 12.1 Å². The number of aromatic nitrogens is 4. The van der Waals surface area contributed by atoms with Crippen molar-refractivity contribution in [2.24, 2.45) is 0 Å². The van der Waals surface area contributed by atoms with Crippen LogP contribution in [0, 0.1) is 0 Å². The van der Waals surface area contributed by atoms with Crippen molar-refractivity contribution in [2.45, 2.75) is 6.42 Å². The molecule has 2 rings (SSSR count). The number of hydrogen-bond acceptors (Lipinski definition) is 5. The van der Waals surface area contributed by atoms with Gasteiger partial charge in [-0.05, 0) is 28.1 Å². The average molecular weight is 275 g/mol. The number of amides is 1. The molecular formula is C12H13N5O3. The van der Waals surface area contributed by atoms with Gasteiger partial charge in [-0.2, -0.15) is 0 Å². The molecule has 0 aliphatic heterocycles. The summed E-state index contributed by atoms with van der Waals surface area (Å²) in [4.78, 5) is 23.5. The van der Waals surface area contributed by atoms with Gasteiger partial charge in [0.1, 0.15) is 12.9 Å². The van der Waals surface area contributed by atoms with Crippen LogP contribution in [0.15, 0.2) is 30.6 Å². The Hall–Kier alpha value is -2.77. The Morgan fingerprint density at radius 1 is 1.30 bits per heavy atom. The highest BCUT2D eigenvalue weighted by molar-refractivity contribution is 5.82. The number of likely N-dealkylation sites (N-methyl/N-ethyl adjacent to an activating group) is 1. The Balaban J connectivity index is 2.00. The van der Waals surface area contributed by atoms with E-state index in [1.807, 2.05) is 0 Å². The van der Waals surface area contributed by atoms with Crippen LogP contribution in [0.25, 0.3) is 5.69 Å². The van der Waals surface area contributed by atoms with E-state index in [1.54, 1.807) is 24.3 Å². The normalized spacial score (nSPS) is 10.2. The van der Waals surface area contributed by atoms with Crippen LogP contribution in [-0.4, -0.2) is 55.7 Å². The predicted molar refractivity (Wildman–Crippen MR) is 68.1 cm³/mol. The first-order valence-corrected chi connectivity index (χ1v) is 5.84. The second kappa shape index (κ2) is 5.91. The second-order valence-electron chi connectivity index (χ2n) is 4.24. The van der Waals surface area contributed by atoms with Crippen LogP contribution in [0.4, 0.5) is 0 Å². The largest absolute Gasteiger partial charge is 0.480 e. The molecule has 0 atom stereocenters. The maximum atomic E-state index is 11.8. The molecule has 0 spiro atoms. The number of carbonyl (C=O) groups excluding carboxylic acids is 1. The van der Waals surface area contributed by atoms with Gasteiger partial charge < -0.3 is 10.0 Å². The van der Waals surface area contributed by atoms with Crippen LogP contribution in [-0.2, 0) is 16.0 Å². The molecule has 0 radical (unpaired) electrons. The topological polar surface area (TPSA) is 101 Å². The minimum atomic E-state index is -1.03. The van der Waals surface area contributed by atoms with Crippen molar-refractivity contribution in [2.75, 3.05) is 13.6 Å². The van der Waals surface area contributed by atoms with Crippen molar-refractivity contribution >= 4 is 11.9 Å². The third-order valence-corrected chi connectivity index (χ3v) is 2.70. The Morgan fingerprint density at radius 3 is 2.55 bits per heavy atom. The first-order valence-electron chi connectivity index (χ1n) is 5.84. The van der Waals surface area contributed by atoms with E-state index in [-0.39, 0.29) is 18.9 Å². The summed E-state index contributed by atoms with van der Waals surface area (Å²) in [6.45, 7) is -0.304. The van der Waals surface area contributed by atoms with E-state index in [2.05, 4.69) is 15.5 Å². The fourth-order valence-electron chi connectivity index (χ4n) is 1.65. The third-order valence-electron chi connectivity index (χ3n) is 2.70. The van der Waals surface area contributed by atoms with E-state index in [4.69, 9.17) is 5.11 Å².